The Labute approximate surface area is 80.5 Å². The number of rotatable bonds is 0. The molecule has 0 bridgehead atoms. The van der Waals surface area contributed by atoms with Gasteiger partial charge in [0.1, 0.15) is 0 Å². The van der Waals surface area contributed by atoms with E-state index >= 15 is 0 Å². The molecule has 2 aliphatic rings. The van der Waals surface area contributed by atoms with Gasteiger partial charge in [-0.25, -0.2) is 0 Å². The van der Waals surface area contributed by atoms with Crippen LogP contribution in [-0.4, -0.2) is 6.04 Å². The minimum atomic E-state index is 0.406. The highest BCUT2D eigenvalue weighted by molar-refractivity contribution is 5.43. The first-order valence-corrected chi connectivity index (χ1v) is 4.85. The molecule has 0 spiro atoms. The molecule has 0 saturated carbocycles. The number of allylic oxidation sites excluding steroid dienone is 4. The van der Waals surface area contributed by atoms with Gasteiger partial charge in [0.25, 0.3) is 0 Å². The maximum Gasteiger partial charge on any atom is 0.0695 e. The van der Waals surface area contributed by atoms with Gasteiger partial charge in [-0.05, 0) is 18.1 Å². The summed E-state index contributed by atoms with van der Waals surface area (Å²) >= 11 is 0. The fourth-order valence-electron chi connectivity index (χ4n) is 1.37. The van der Waals surface area contributed by atoms with Crippen LogP contribution in [0.3, 0.4) is 0 Å². The van der Waals surface area contributed by atoms with Crippen LogP contribution in [0.2, 0.25) is 0 Å². The second-order valence-electron chi connectivity index (χ2n) is 2.92. The number of fused-ring (bicyclic) bond motifs is 1. The molecule has 0 aromatic rings. The van der Waals surface area contributed by atoms with Crippen molar-refractivity contribution in [2.45, 2.75) is 26.8 Å². The molecule has 13 heavy (non-hydrogen) atoms. The Bertz CT molecular complexity index is 279. The fraction of sp³-hybridized carbons (Fsp3) is 0.333. The molecule has 0 aromatic heterocycles. The van der Waals surface area contributed by atoms with Crippen molar-refractivity contribution in [3.63, 3.8) is 0 Å². The Balaban J connectivity index is 0.000000396. The number of nitrogens with one attached hydrogen (secondary N) is 1. The molecule has 0 fully saturated rings. The van der Waals surface area contributed by atoms with Gasteiger partial charge in [0.2, 0.25) is 0 Å². The van der Waals surface area contributed by atoms with Gasteiger partial charge >= 0.3 is 0 Å². The van der Waals surface area contributed by atoms with Crippen LogP contribution in [0.5, 0.6) is 0 Å². The van der Waals surface area contributed by atoms with Gasteiger partial charge in [-0.15, -0.1) is 0 Å². The third kappa shape index (κ3) is 2.35. The molecule has 1 heterocycles. The first kappa shape index (κ1) is 9.85. The average molecular weight is 175 g/mol. The second-order valence-corrected chi connectivity index (χ2v) is 2.92. The lowest BCUT2D eigenvalue weighted by Gasteiger charge is -2.21. The predicted molar refractivity (Wildman–Crippen MR) is 58.4 cm³/mol. The van der Waals surface area contributed by atoms with Crippen LogP contribution in [0.25, 0.3) is 0 Å². The summed E-state index contributed by atoms with van der Waals surface area (Å²) in [6.07, 6.45) is 12.7. The summed E-state index contributed by atoms with van der Waals surface area (Å²) in [6, 6.07) is 0.406. The SMILES string of the molecule is CC.CC1=CNC2C=CC=CC2=C1. The lowest BCUT2D eigenvalue weighted by atomic mass is 9.98. The van der Waals surface area contributed by atoms with E-state index in [0.717, 1.165) is 0 Å². The molecule has 1 aliphatic carbocycles. The van der Waals surface area contributed by atoms with Crippen LogP contribution in [0.1, 0.15) is 20.8 Å². The molecular formula is C12H17N. The van der Waals surface area contributed by atoms with E-state index in [1.807, 2.05) is 13.8 Å². The van der Waals surface area contributed by atoms with Crippen LogP contribution >= 0.6 is 0 Å². The second kappa shape index (κ2) is 4.70. The molecule has 0 radical (unpaired) electrons. The summed E-state index contributed by atoms with van der Waals surface area (Å²) in [6.45, 7) is 6.10. The first-order chi connectivity index (χ1) is 6.36. The molecule has 2 rings (SSSR count). The van der Waals surface area contributed by atoms with Crippen LogP contribution < -0.4 is 5.32 Å². The molecule has 1 heteroatoms. The third-order valence-corrected chi connectivity index (χ3v) is 1.95. The first-order valence-electron chi connectivity index (χ1n) is 4.85. The maximum atomic E-state index is 3.30. The van der Waals surface area contributed by atoms with Crippen LogP contribution in [-0.2, 0) is 0 Å². The minimum Gasteiger partial charge on any atom is -0.380 e. The summed E-state index contributed by atoms with van der Waals surface area (Å²) < 4.78 is 0. The zero-order valence-electron chi connectivity index (χ0n) is 8.54. The molecule has 0 aromatic carbocycles. The van der Waals surface area contributed by atoms with E-state index in [2.05, 4.69) is 48.8 Å². The average Bonchev–Trinajstić information content (AvgIpc) is 2.21. The van der Waals surface area contributed by atoms with E-state index in [4.69, 9.17) is 0 Å². The molecule has 1 unspecified atom stereocenters. The highest BCUT2D eigenvalue weighted by Crippen LogP contribution is 2.17. The monoisotopic (exact) mass is 175 g/mol. The van der Waals surface area contributed by atoms with E-state index in [9.17, 15) is 0 Å². The van der Waals surface area contributed by atoms with Gasteiger partial charge < -0.3 is 5.32 Å². The van der Waals surface area contributed by atoms with Gasteiger partial charge in [-0.3, -0.25) is 0 Å². The Morgan fingerprint density at radius 1 is 1.23 bits per heavy atom. The normalized spacial score (nSPS) is 23.2. The van der Waals surface area contributed by atoms with Gasteiger partial charge in [-0.2, -0.15) is 0 Å². The maximum absolute atomic E-state index is 3.30. The zero-order chi connectivity index (χ0) is 9.68. The quantitative estimate of drug-likeness (QED) is 0.597. The summed E-state index contributed by atoms with van der Waals surface area (Å²) in [5, 5.41) is 3.30. The summed E-state index contributed by atoms with van der Waals surface area (Å²) in [4.78, 5) is 0. The predicted octanol–water partition coefficient (Wildman–Crippen LogP) is 2.94. The molecule has 1 aliphatic heterocycles. The van der Waals surface area contributed by atoms with Gasteiger partial charge in [0.05, 0.1) is 6.04 Å². The van der Waals surface area contributed by atoms with Crippen molar-refractivity contribution < 1.29 is 0 Å². The standard InChI is InChI=1S/C10H11N.C2H6/c1-8-6-9-4-2-3-5-10(9)11-7-8;1-2/h2-7,10-11H,1H3;1-2H3. The number of hydrogen-bond donors (Lipinski definition) is 1. The molecule has 70 valence electrons. The third-order valence-electron chi connectivity index (χ3n) is 1.95. The Morgan fingerprint density at radius 3 is 2.77 bits per heavy atom. The topological polar surface area (TPSA) is 12.0 Å². The van der Waals surface area contributed by atoms with Crippen molar-refractivity contribution in [1.82, 2.24) is 5.32 Å². The van der Waals surface area contributed by atoms with Crippen LogP contribution in [0.15, 0.2) is 47.7 Å². The van der Waals surface area contributed by atoms with Crippen molar-refractivity contribution in [2.24, 2.45) is 0 Å². The molecule has 1 atom stereocenters. The molecule has 0 amide bonds. The van der Waals surface area contributed by atoms with E-state index in [1.165, 1.54) is 11.1 Å². The Kier molecular flexibility index (Phi) is 3.56. The molecule has 1 N–H and O–H groups in total. The minimum absolute atomic E-state index is 0.406. The highest BCUT2D eigenvalue weighted by Gasteiger charge is 2.11. The van der Waals surface area contributed by atoms with E-state index < -0.39 is 0 Å². The van der Waals surface area contributed by atoms with Gasteiger partial charge in [0, 0.05) is 6.20 Å². The highest BCUT2D eigenvalue weighted by atomic mass is 14.9. The van der Waals surface area contributed by atoms with Crippen molar-refractivity contribution in [1.29, 1.82) is 0 Å². The Morgan fingerprint density at radius 2 is 2.00 bits per heavy atom. The lowest BCUT2D eigenvalue weighted by molar-refractivity contribution is 0.785. The molecule has 1 nitrogen and oxygen atoms in total. The van der Waals surface area contributed by atoms with Crippen LogP contribution in [0, 0.1) is 0 Å². The van der Waals surface area contributed by atoms with Gasteiger partial charge in [0.15, 0.2) is 0 Å². The van der Waals surface area contributed by atoms with Crippen molar-refractivity contribution in [3.8, 4) is 0 Å². The van der Waals surface area contributed by atoms with Crippen molar-refractivity contribution in [3.05, 3.63) is 47.7 Å². The van der Waals surface area contributed by atoms with E-state index in [0.29, 0.717) is 6.04 Å². The largest absolute Gasteiger partial charge is 0.380 e. The van der Waals surface area contributed by atoms with Crippen molar-refractivity contribution >= 4 is 0 Å². The molecule has 0 saturated heterocycles. The van der Waals surface area contributed by atoms with E-state index in [-0.39, 0.29) is 0 Å². The number of hydrogen-bond acceptors (Lipinski definition) is 1. The Hall–Kier alpha value is -1.24. The molecular weight excluding hydrogens is 158 g/mol. The van der Waals surface area contributed by atoms with E-state index in [1.54, 1.807) is 0 Å². The lowest BCUT2D eigenvalue weighted by Crippen LogP contribution is -2.27. The van der Waals surface area contributed by atoms with Crippen LogP contribution in [0.4, 0.5) is 0 Å². The summed E-state index contributed by atoms with van der Waals surface area (Å²) in [7, 11) is 0. The summed E-state index contributed by atoms with van der Waals surface area (Å²) in [5.41, 5.74) is 2.64. The smallest absolute Gasteiger partial charge is 0.0695 e. The zero-order valence-corrected chi connectivity index (χ0v) is 8.54. The summed E-state index contributed by atoms with van der Waals surface area (Å²) in [5.74, 6) is 0. The number of dihydropyridines is 1. The van der Waals surface area contributed by atoms with Crippen molar-refractivity contribution in [2.75, 3.05) is 0 Å². The van der Waals surface area contributed by atoms with Gasteiger partial charge in [-0.1, -0.05) is 44.2 Å². The fourth-order valence-corrected chi connectivity index (χ4v) is 1.37.